The second kappa shape index (κ2) is 41.2. The number of rotatable bonds is 47. The van der Waals surface area contributed by atoms with Crippen LogP contribution in [0, 0.1) is 40.9 Å². The highest BCUT2D eigenvalue weighted by Gasteiger charge is 2.43. The number of aromatic nitrogens is 6. The van der Waals surface area contributed by atoms with Gasteiger partial charge in [0.05, 0.1) is 188 Å². The van der Waals surface area contributed by atoms with Crippen LogP contribution in [0.15, 0.2) is 12.4 Å². The van der Waals surface area contributed by atoms with Gasteiger partial charge in [0.1, 0.15) is 24.4 Å². The van der Waals surface area contributed by atoms with Crippen LogP contribution < -0.4 is 4.74 Å². The van der Waals surface area contributed by atoms with Crippen LogP contribution in [-0.2, 0) is 92.3 Å². The van der Waals surface area contributed by atoms with Crippen molar-refractivity contribution in [1.82, 2.24) is 34.9 Å². The standard InChI is InChI=1S/C53H84F5N7O21/c1-35-47(69)49(71)39(33-66)84-52(35)82-12-3-37-31-64(61-59-37)9-17-77-23-29-80-27-21-75-15-7-63(6-14-74-20-26-79-25-19-73-11-5-41(68)86-51-45(57)43(55)42(54)44(56)46(51)58)8-16-76-22-28-81-30-24-78-18-10-65-32-38(60-62-65)4-13-83-53-36(2)48(70)50(72)40(34-67)85-53/h31-32,35-36,39-40,47-50,52-53,66-67,69-72H,3-30,33-34H2,1-2H3/t35-,36-,39-,40-,47-,48-,49+,50+,52-,53-/m1/s1. The quantitative estimate of drug-likeness (QED) is 0.00985. The zero-order valence-corrected chi connectivity index (χ0v) is 48.5. The number of carbonyl (C=O) groups is 1. The van der Waals surface area contributed by atoms with Crippen molar-refractivity contribution >= 4 is 5.97 Å². The molecule has 0 spiro atoms. The molecule has 2 aliphatic heterocycles. The number of halogens is 5. The van der Waals surface area contributed by atoms with Crippen molar-refractivity contribution in [2.24, 2.45) is 11.8 Å². The molecule has 86 heavy (non-hydrogen) atoms. The summed E-state index contributed by atoms with van der Waals surface area (Å²) in [6.45, 7) is 10.7. The summed E-state index contributed by atoms with van der Waals surface area (Å²) in [5, 5.41) is 75.9. The smallest absolute Gasteiger partial charge is 0.313 e. The van der Waals surface area contributed by atoms with Crippen LogP contribution in [0.5, 0.6) is 5.75 Å². The summed E-state index contributed by atoms with van der Waals surface area (Å²) in [5.41, 5.74) is 1.37. The van der Waals surface area contributed by atoms with Gasteiger partial charge in [0.25, 0.3) is 0 Å². The van der Waals surface area contributed by atoms with Crippen LogP contribution in [0.25, 0.3) is 0 Å². The van der Waals surface area contributed by atoms with E-state index in [0.717, 1.165) is 0 Å². The molecule has 10 atom stereocenters. The van der Waals surface area contributed by atoms with Gasteiger partial charge in [0.2, 0.25) is 34.8 Å². The van der Waals surface area contributed by atoms with E-state index in [9.17, 15) is 57.4 Å². The molecular weight excluding hydrogens is 1170 g/mol. The van der Waals surface area contributed by atoms with Gasteiger partial charge in [-0.3, -0.25) is 9.69 Å². The lowest BCUT2D eigenvalue weighted by atomic mass is 9.92. The largest absolute Gasteiger partial charge is 0.420 e. The van der Waals surface area contributed by atoms with Gasteiger partial charge in [0, 0.05) is 56.7 Å². The molecule has 2 saturated heterocycles. The molecule has 0 unspecified atom stereocenters. The van der Waals surface area contributed by atoms with Gasteiger partial charge in [-0.25, -0.2) is 22.5 Å². The Morgan fingerprint density at radius 3 is 1.20 bits per heavy atom. The van der Waals surface area contributed by atoms with Gasteiger partial charge in [-0.15, -0.1) is 10.2 Å². The van der Waals surface area contributed by atoms with Crippen LogP contribution in [0.2, 0.25) is 0 Å². The first-order valence-electron chi connectivity index (χ1n) is 28.5. The molecule has 6 N–H and O–H groups in total. The predicted molar refractivity (Wildman–Crippen MR) is 283 cm³/mol. The molecule has 0 saturated carbocycles. The van der Waals surface area contributed by atoms with Gasteiger partial charge < -0.3 is 97.0 Å². The third-order valence-electron chi connectivity index (χ3n) is 13.5. The van der Waals surface area contributed by atoms with E-state index in [1.807, 2.05) is 0 Å². The summed E-state index contributed by atoms with van der Waals surface area (Å²) in [5.74, 6) is -15.3. The van der Waals surface area contributed by atoms with Crippen LogP contribution in [0.1, 0.15) is 31.7 Å². The first kappa shape index (κ1) is 72.6. The Morgan fingerprint density at radius 2 is 0.826 bits per heavy atom. The first-order valence-corrected chi connectivity index (χ1v) is 28.5. The lowest BCUT2D eigenvalue weighted by molar-refractivity contribution is -0.282. The highest BCUT2D eigenvalue weighted by Crippen LogP contribution is 2.30. The molecule has 28 nitrogen and oxygen atoms in total. The SMILES string of the molecule is C[C@H]1[C@H](OCCc2cn(CCOCCOCCOCCN(CCOCCOCCOCCC(=O)Oc3c(F)c(F)c(F)c(F)c3F)CCOCCOCCOCCn3cc(CCO[C@@H]4O[C@H](CO)[C@H](O)[C@H](O)[C@H]4C)nn3)nn2)O[C@H](CO)[C@H](O)[C@@H]1O. The van der Waals surface area contributed by atoms with Crippen LogP contribution in [0.3, 0.4) is 0 Å². The second-order valence-electron chi connectivity index (χ2n) is 19.8. The number of nitrogens with zero attached hydrogens (tertiary/aromatic N) is 7. The lowest BCUT2D eigenvalue weighted by Crippen LogP contribution is -2.55. The topological polar surface area (TPSA) is 332 Å². The highest BCUT2D eigenvalue weighted by molar-refractivity contribution is 5.72. The molecule has 0 amide bonds. The van der Waals surface area contributed by atoms with Crippen molar-refractivity contribution in [3.8, 4) is 5.75 Å². The molecule has 4 heterocycles. The number of aliphatic hydroxyl groups excluding tert-OH is 6. The van der Waals surface area contributed by atoms with Gasteiger partial charge >= 0.3 is 5.97 Å². The Hall–Kier alpha value is -4.18. The molecule has 492 valence electrons. The second-order valence-corrected chi connectivity index (χ2v) is 19.8. The summed E-state index contributed by atoms with van der Waals surface area (Å²) in [7, 11) is 0. The van der Waals surface area contributed by atoms with E-state index in [4.69, 9.17) is 61.6 Å². The van der Waals surface area contributed by atoms with Crippen molar-refractivity contribution in [1.29, 1.82) is 0 Å². The normalized spacial score (nSPS) is 22.6. The number of aliphatic hydroxyl groups is 6. The number of carbonyl (C=O) groups excluding carboxylic acids is 1. The molecule has 33 heteroatoms. The van der Waals surface area contributed by atoms with Gasteiger partial charge in [-0.1, -0.05) is 24.3 Å². The fourth-order valence-corrected chi connectivity index (χ4v) is 8.36. The Kier molecular flexibility index (Phi) is 34.7. The Bertz CT molecular complexity index is 2190. The summed E-state index contributed by atoms with van der Waals surface area (Å²) >= 11 is 0. The summed E-state index contributed by atoms with van der Waals surface area (Å²) in [4.78, 5) is 14.0. The average Bonchev–Trinajstić information content (AvgIpc) is 4.03. The minimum absolute atomic E-state index is 0.0288. The van der Waals surface area contributed by atoms with Crippen LogP contribution in [0.4, 0.5) is 22.0 Å². The predicted octanol–water partition coefficient (Wildman–Crippen LogP) is -1.02. The van der Waals surface area contributed by atoms with E-state index < -0.39 is 121 Å². The van der Waals surface area contributed by atoms with E-state index in [0.29, 0.717) is 143 Å². The average molecular weight is 1250 g/mol. The van der Waals surface area contributed by atoms with Crippen LogP contribution >= 0.6 is 0 Å². The van der Waals surface area contributed by atoms with Gasteiger partial charge in [0.15, 0.2) is 12.6 Å². The summed E-state index contributed by atoms with van der Waals surface area (Å²) < 4.78 is 149. The third-order valence-corrected chi connectivity index (χ3v) is 13.5. The fourth-order valence-electron chi connectivity index (χ4n) is 8.36. The van der Waals surface area contributed by atoms with E-state index in [2.05, 4.69) is 30.3 Å². The first-order chi connectivity index (χ1) is 41.6. The Labute approximate surface area is 494 Å². The molecule has 3 aromatic rings. The lowest BCUT2D eigenvalue weighted by Gasteiger charge is -2.40. The van der Waals surface area contributed by atoms with E-state index >= 15 is 0 Å². The fraction of sp³-hybridized carbons (Fsp3) is 0.792. The van der Waals surface area contributed by atoms with Crippen molar-refractivity contribution in [2.75, 3.05) is 165 Å². The molecule has 2 aromatic heterocycles. The highest BCUT2D eigenvalue weighted by atomic mass is 19.2. The van der Waals surface area contributed by atoms with E-state index in [1.54, 1.807) is 35.6 Å². The van der Waals surface area contributed by atoms with E-state index in [1.165, 1.54) is 0 Å². The minimum atomic E-state index is -2.37. The van der Waals surface area contributed by atoms with Crippen molar-refractivity contribution in [2.45, 2.75) is 95.4 Å². The number of hydrogen-bond donors (Lipinski definition) is 6. The van der Waals surface area contributed by atoms with Crippen molar-refractivity contribution < 1.29 is 124 Å². The molecule has 1 aromatic carbocycles. The Morgan fingerprint density at radius 1 is 0.488 bits per heavy atom. The van der Waals surface area contributed by atoms with Gasteiger partial charge in [-0.05, 0) is 0 Å². The molecule has 2 aliphatic rings. The van der Waals surface area contributed by atoms with Crippen LogP contribution in [-0.4, -0.2) is 286 Å². The summed E-state index contributed by atoms with van der Waals surface area (Å²) in [6.07, 6.45) is -4.11. The van der Waals surface area contributed by atoms with Gasteiger partial charge in [-0.2, -0.15) is 8.78 Å². The molecule has 0 bridgehead atoms. The number of esters is 1. The van der Waals surface area contributed by atoms with E-state index in [-0.39, 0.29) is 46.2 Å². The third kappa shape index (κ3) is 25.4. The molecule has 2 fully saturated rings. The molecular formula is C53H84F5N7O21. The maximum Gasteiger partial charge on any atom is 0.313 e. The maximum absolute atomic E-state index is 13.8. The maximum atomic E-state index is 13.8. The summed E-state index contributed by atoms with van der Waals surface area (Å²) in [6, 6.07) is 0. The zero-order valence-electron chi connectivity index (χ0n) is 48.5. The zero-order chi connectivity index (χ0) is 62.1. The number of ether oxygens (including phenoxy) is 14. The monoisotopic (exact) mass is 1250 g/mol. The molecule has 0 aliphatic carbocycles. The minimum Gasteiger partial charge on any atom is -0.420 e. The number of benzene rings is 1. The number of hydrogen-bond acceptors (Lipinski definition) is 26. The molecule has 5 rings (SSSR count). The molecule has 0 radical (unpaired) electrons. The Balaban J connectivity index is 0.881. The van der Waals surface area contributed by atoms with Crippen molar-refractivity contribution in [3.05, 3.63) is 52.9 Å². The van der Waals surface area contributed by atoms with Crippen molar-refractivity contribution in [3.63, 3.8) is 0 Å².